The maximum Gasteiger partial charge on any atom is 0.344 e. The molecule has 0 radical (unpaired) electrons. The van der Waals surface area contributed by atoms with Crippen LogP contribution >= 0.6 is 0 Å². The van der Waals surface area contributed by atoms with Gasteiger partial charge in [-0.05, 0) is 45.0 Å². The number of benzene rings is 1. The summed E-state index contributed by atoms with van der Waals surface area (Å²) in [5.41, 5.74) is 0.674. The molecule has 1 aromatic heterocycles. The van der Waals surface area contributed by atoms with Crippen molar-refractivity contribution in [3.05, 3.63) is 41.3 Å². The Kier molecular flexibility index (Phi) is 7.02. The van der Waals surface area contributed by atoms with Crippen molar-refractivity contribution in [3.63, 3.8) is 0 Å². The molecule has 1 aromatic carbocycles. The van der Waals surface area contributed by atoms with E-state index in [4.69, 9.17) is 18.7 Å². The van der Waals surface area contributed by atoms with Gasteiger partial charge in [0.15, 0.2) is 6.61 Å². The number of carbonyl (C=O) groups excluding carboxylic acids is 2. The number of ether oxygens (including phenoxy) is 3. The van der Waals surface area contributed by atoms with Crippen molar-refractivity contribution >= 4 is 11.9 Å². The number of esters is 1. The van der Waals surface area contributed by atoms with Crippen LogP contribution in [0.2, 0.25) is 0 Å². The maximum absolute atomic E-state index is 11.9. The lowest BCUT2D eigenvalue weighted by molar-refractivity contribution is -0.124. The summed E-state index contributed by atoms with van der Waals surface area (Å²) in [6.45, 7) is 5.95. The third kappa shape index (κ3) is 5.51. The summed E-state index contributed by atoms with van der Waals surface area (Å²) in [7, 11) is 0. The smallest absolute Gasteiger partial charge is 0.344 e. The lowest BCUT2D eigenvalue weighted by Crippen LogP contribution is -2.32. The lowest BCUT2D eigenvalue weighted by Gasteiger charge is -2.09. The molecular weight excluding hydrogens is 340 g/mol. The summed E-state index contributed by atoms with van der Waals surface area (Å²) in [4.78, 5) is 23.6. The first-order valence-electron chi connectivity index (χ1n) is 8.23. The molecule has 1 heterocycles. The third-order valence-electron chi connectivity index (χ3n) is 3.40. The molecule has 2 aromatic rings. The van der Waals surface area contributed by atoms with Crippen LogP contribution < -0.4 is 14.8 Å². The first kappa shape index (κ1) is 19.3. The minimum atomic E-state index is -0.637. The van der Waals surface area contributed by atoms with E-state index in [-0.39, 0.29) is 25.3 Å². The molecule has 140 valence electrons. The molecule has 0 aliphatic heterocycles. The molecule has 1 amide bonds. The van der Waals surface area contributed by atoms with Crippen LogP contribution in [-0.2, 0) is 9.53 Å². The normalized spacial score (nSPS) is 10.3. The van der Waals surface area contributed by atoms with Gasteiger partial charge in [0, 0.05) is 0 Å². The van der Waals surface area contributed by atoms with Gasteiger partial charge in [-0.1, -0.05) is 5.16 Å². The maximum atomic E-state index is 11.9. The van der Waals surface area contributed by atoms with Crippen LogP contribution in [0.15, 0.2) is 28.8 Å². The molecule has 8 heteroatoms. The Morgan fingerprint density at radius 2 is 1.77 bits per heavy atom. The first-order chi connectivity index (χ1) is 12.5. The molecule has 0 aliphatic carbocycles. The summed E-state index contributed by atoms with van der Waals surface area (Å²) in [6.07, 6.45) is 0. The molecule has 2 rings (SSSR count). The second kappa shape index (κ2) is 9.45. The van der Waals surface area contributed by atoms with Crippen molar-refractivity contribution in [2.24, 2.45) is 0 Å². The highest BCUT2D eigenvalue weighted by atomic mass is 16.5. The van der Waals surface area contributed by atoms with E-state index >= 15 is 0 Å². The van der Waals surface area contributed by atoms with Crippen LogP contribution in [0, 0.1) is 13.8 Å². The molecule has 0 spiro atoms. The Morgan fingerprint density at radius 3 is 2.35 bits per heavy atom. The van der Waals surface area contributed by atoms with Crippen molar-refractivity contribution in [2.75, 3.05) is 26.4 Å². The van der Waals surface area contributed by atoms with Gasteiger partial charge in [-0.3, -0.25) is 4.79 Å². The highest BCUT2D eigenvalue weighted by molar-refractivity contribution is 5.93. The number of amides is 1. The Balaban J connectivity index is 1.65. The number of hydrogen-bond donors (Lipinski definition) is 1. The van der Waals surface area contributed by atoms with E-state index < -0.39 is 11.9 Å². The second-order valence-corrected chi connectivity index (χ2v) is 5.38. The number of hydrogen-bond acceptors (Lipinski definition) is 7. The molecule has 0 atom stereocenters. The molecule has 26 heavy (non-hydrogen) atoms. The van der Waals surface area contributed by atoms with Gasteiger partial charge in [-0.2, -0.15) is 0 Å². The van der Waals surface area contributed by atoms with Gasteiger partial charge in [-0.15, -0.1) is 0 Å². The van der Waals surface area contributed by atoms with E-state index in [2.05, 4.69) is 10.5 Å². The Labute approximate surface area is 151 Å². The summed E-state index contributed by atoms with van der Waals surface area (Å²) in [6, 6.07) is 7.20. The number of aryl methyl sites for hydroxylation is 2. The van der Waals surface area contributed by atoms with Gasteiger partial charge in [-0.25, -0.2) is 4.79 Å². The van der Waals surface area contributed by atoms with Crippen molar-refractivity contribution in [1.82, 2.24) is 10.5 Å². The topological polar surface area (TPSA) is 99.9 Å². The van der Waals surface area contributed by atoms with Crippen molar-refractivity contribution in [2.45, 2.75) is 20.8 Å². The highest BCUT2D eigenvalue weighted by Gasteiger charge is 2.19. The van der Waals surface area contributed by atoms with Gasteiger partial charge >= 0.3 is 5.97 Å². The predicted molar refractivity (Wildman–Crippen MR) is 92.4 cm³/mol. The molecule has 0 saturated carbocycles. The van der Waals surface area contributed by atoms with Crippen LogP contribution in [0.25, 0.3) is 0 Å². The Hall–Kier alpha value is -3.03. The summed E-state index contributed by atoms with van der Waals surface area (Å²) < 4.78 is 20.7. The van der Waals surface area contributed by atoms with Crippen molar-refractivity contribution in [3.8, 4) is 11.5 Å². The fourth-order valence-electron chi connectivity index (χ4n) is 2.19. The van der Waals surface area contributed by atoms with Gasteiger partial charge in [0.2, 0.25) is 0 Å². The van der Waals surface area contributed by atoms with E-state index in [1.165, 1.54) is 0 Å². The predicted octanol–water partition coefficient (Wildman–Crippen LogP) is 2.04. The van der Waals surface area contributed by atoms with Gasteiger partial charge in [0.1, 0.15) is 29.4 Å². The zero-order valence-corrected chi connectivity index (χ0v) is 15.0. The third-order valence-corrected chi connectivity index (χ3v) is 3.40. The van der Waals surface area contributed by atoms with E-state index in [1.807, 2.05) is 19.1 Å². The summed E-state index contributed by atoms with van der Waals surface area (Å²) in [5.74, 6) is 0.750. The molecule has 0 bridgehead atoms. The number of nitrogens with one attached hydrogen (secondary N) is 1. The number of rotatable bonds is 9. The van der Waals surface area contributed by atoms with Gasteiger partial charge < -0.3 is 24.1 Å². The quantitative estimate of drug-likeness (QED) is 0.538. The number of aromatic nitrogens is 1. The van der Waals surface area contributed by atoms with E-state index in [0.717, 1.165) is 5.75 Å². The molecule has 8 nitrogen and oxygen atoms in total. The van der Waals surface area contributed by atoms with Crippen LogP contribution in [-0.4, -0.2) is 43.4 Å². The average Bonchev–Trinajstić information content (AvgIpc) is 2.97. The number of nitrogens with zero attached hydrogens (tertiary/aromatic N) is 1. The standard InChI is InChI=1S/C18H22N2O6/c1-4-23-14-5-7-15(8-6-14)24-10-9-19-16(21)11-25-18(22)17-12(2)20-26-13(17)3/h5-8H,4,9-11H2,1-3H3,(H,19,21). The fraction of sp³-hybridized carbons (Fsp3) is 0.389. The van der Waals surface area contributed by atoms with Crippen LogP contribution in [0.5, 0.6) is 11.5 Å². The minimum Gasteiger partial charge on any atom is -0.494 e. The van der Waals surface area contributed by atoms with Crippen LogP contribution in [0.1, 0.15) is 28.7 Å². The monoisotopic (exact) mass is 362 g/mol. The van der Waals surface area contributed by atoms with Crippen molar-refractivity contribution < 1.29 is 28.3 Å². The highest BCUT2D eigenvalue weighted by Crippen LogP contribution is 2.17. The summed E-state index contributed by atoms with van der Waals surface area (Å²) >= 11 is 0. The molecule has 0 unspecified atom stereocenters. The molecule has 0 saturated heterocycles. The number of carbonyl (C=O) groups is 2. The van der Waals surface area contributed by atoms with Crippen LogP contribution in [0.3, 0.4) is 0 Å². The average molecular weight is 362 g/mol. The lowest BCUT2D eigenvalue weighted by atomic mass is 10.2. The van der Waals surface area contributed by atoms with Crippen LogP contribution in [0.4, 0.5) is 0 Å². The minimum absolute atomic E-state index is 0.247. The van der Waals surface area contributed by atoms with E-state index in [1.54, 1.807) is 26.0 Å². The molecule has 0 aliphatic rings. The van der Waals surface area contributed by atoms with Gasteiger partial charge in [0.05, 0.1) is 18.8 Å². The Bertz CT molecular complexity index is 719. The van der Waals surface area contributed by atoms with E-state index in [9.17, 15) is 9.59 Å². The Morgan fingerprint density at radius 1 is 1.12 bits per heavy atom. The summed E-state index contributed by atoms with van der Waals surface area (Å²) in [5, 5.41) is 6.28. The second-order valence-electron chi connectivity index (χ2n) is 5.38. The van der Waals surface area contributed by atoms with E-state index in [0.29, 0.717) is 23.8 Å². The van der Waals surface area contributed by atoms with Crippen molar-refractivity contribution in [1.29, 1.82) is 0 Å². The zero-order valence-electron chi connectivity index (χ0n) is 15.0. The van der Waals surface area contributed by atoms with Gasteiger partial charge in [0.25, 0.3) is 5.91 Å². The molecule has 0 fully saturated rings. The molecule has 1 N–H and O–H groups in total. The SMILES string of the molecule is CCOc1ccc(OCCNC(=O)COC(=O)c2c(C)noc2C)cc1. The first-order valence-corrected chi connectivity index (χ1v) is 8.23. The molecular formula is C18H22N2O6. The largest absolute Gasteiger partial charge is 0.494 e. The fourth-order valence-corrected chi connectivity index (χ4v) is 2.19. The zero-order chi connectivity index (χ0) is 18.9.